The van der Waals surface area contributed by atoms with Crippen LogP contribution in [0.2, 0.25) is 0 Å². The molecule has 0 spiro atoms. The van der Waals surface area contributed by atoms with E-state index in [2.05, 4.69) is 4.74 Å². The summed E-state index contributed by atoms with van der Waals surface area (Å²) in [6.45, 7) is -0.0383. The lowest BCUT2D eigenvalue weighted by atomic mass is 10.2. The lowest BCUT2D eigenvalue weighted by molar-refractivity contribution is -0.131. The molecule has 0 N–H and O–H groups in total. The van der Waals surface area contributed by atoms with E-state index in [-0.39, 0.29) is 30.1 Å². The number of hydrogen-bond donors (Lipinski definition) is 0. The summed E-state index contributed by atoms with van der Waals surface area (Å²) in [6, 6.07) is 10.2. The lowest BCUT2D eigenvalue weighted by Gasteiger charge is -2.19. The standard InChI is InChI=1S/C19H19N3O5/c1-21(10-13-6-4-5-7-16(13)26-2)17(23)12-22-11-15(19(25)27-3)8-14(9-20)18(22)24/h4-8,11H,10,12H2,1-3H3. The largest absolute Gasteiger partial charge is 0.496 e. The van der Waals surface area contributed by atoms with Crippen molar-refractivity contribution in [2.75, 3.05) is 21.3 Å². The number of benzene rings is 1. The van der Waals surface area contributed by atoms with Gasteiger partial charge in [-0.1, -0.05) is 18.2 Å². The van der Waals surface area contributed by atoms with Gasteiger partial charge < -0.3 is 18.9 Å². The van der Waals surface area contributed by atoms with Crippen molar-refractivity contribution in [2.45, 2.75) is 13.1 Å². The van der Waals surface area contributed by atoms with Gasteiger partial charge in [-0.25, -0.2) is 4.79 Å². The number of nitrogens with zero attached hydrogens (tertiary/aromatic N) is 3. The SMILES string of the molecule is COC(=O)c1cc(C#N)c(=O)n(CC(=O)N(C)Cc2ccccc2OC)c1. The van der Waals surface area contributed by atoms with Crippen molar-refractivity contribution in [3.05, 3.63) is 63.6 Å². The van der Waals surface area contributed by atoms with Gasteiger partial charge in [0.1, 0.15) is 23.9 Å². The third-order valence-electron chi connectivity index (χ3n) is 3.96. The Kier molecular flexibility index (Phi) is 6.33. The van der Waals surface area contributed by atoms with Crippen LogP contribution in [0.15, 0.2) is 41.3 Å². The minimum atomic E-state index is -0.699. The maximum atomic E-state index is 12.5. The predicted octanol–water partition coefficient (Wildman–Crippen LogP) is 1.17. The molecule has 2 aromatic rings. The third-order valence-corrected chi connectivity index (χ3v) is 3.96. The number of carbonyl (C=O) groups excluding carboxylic acids is 2. The summed E-state index contributed by atoms with van der Waals surface area (Å²) in [5.74, 6) is -0.419. The molecule has 27 heavy (non-hydrogen) atoms. The summed E-state index contributed by atoms with van der Waals surface area (Å²) in [5.41, 5.74) is -0.0552. The molecule has 0 radical (unpaired) electrons. The molecule has 0 atom stereocenters. The number of para-hydroxylation sites is 1. The van der Waals surface area contributed by atoms with Crippen molar-refractivity contribution >= 4 is 11.9 Å². The first kappa shape index (κ1) is 19.7. The first-order valence-corrected chi connectivity index (χ1v) is 8.00. The zero-order valence-corrected chi connectivity index (χ0v) is 15.3. The number of carbonyl (C=O) groups is 2. The van der Waals surface area contributed by atoms with Crippen LogP contribution in [0.5, 0.6) is 5.75 Å². The van der Waals surface area contributed by atoms with Crippen molar-refractivity contribution in [3.63, 3.8) is 0 Å². The first-order valence-electron chi connectivity index (χ1n) is 8.00. The monoisotopic (exact) mass is 369 g/mol. The van der Waals surface area contributed by atoms with E-state index in [9.17, 15) is 14.4 Å². The Morgan fingerprint density at radius 3 is 2.59 bits per heavy atom. The highest BCUT2D eigenvalue weighted by molar-refractivity contribution is 5.89. The fraction of sp³-hybridized carbons (Fsp3) is 0.263. The predicted molar refractivity (Wildman–Crippen MR) is 96.2 cm³/mol. The summed E-state index contributed by atoms with van der Waals surface area (Å²) in [4.78, 5) is 38.0. The number of likely N-dealkylation sites (N-methyl/N-ethyl adjacent to an activating group) is 1. The van der Waals surface area contributed by atoms with Gasteiger partial charge >= 0.3 is 5.97 Å². The molecule has 2 rings (SSSR count). The van der Waals surface area contributed by atoms with Gasteiger partial charge in [-0.15, -0.1) is 0 Å². The van der Waals surface area contributed by atoms with Gasteiger partial charge in [0.25, 0.3) is 5.56 Å². The molecule has 1 heterocycles. The molecule has 0 bridgehead atoms. The zero-order valence-electron chi connectivity index (χ0n) is 15.3. The van der Waals surface area contributed by atoms with Crippen molar-refractivity contribution in [1.29, 1.82) is 5.26 Å². The number of rotatable bonds is 6. The van der Waals surface area contributed by atoms with Crippen LogP contribution in [0.4, 0.5) is 0 Å². The molecule has 140 valence electrons. The van der Waals surface area contributed by atoms with E-state index in [1.165, 1.54) is 18.2 Å². The first-order chi connectivity index (χ1) is 12.9. The Hall–Kier alpha value is -3.60. The number of hydrogen-bond acceptors (Lipinski definition) is 6. The van der Waals surface area contributed by atoms with Crippen LogP contribution < -0.4 is 10.3 Å². The molecule has 0 unspecified atom stereocenters. The number of aromatic nitrogens is 1. The minimum Gasteiger partial charge on any atom is -0.496 e. The molecule has 0 aliphatic heterocycles. The van der Waals surface area contributed by atoms with E-state index >= 15 is 0 Å². The van der Waals surface area contributed by atoms with Crippen LogP contribution in [0, 0.1) is 11.3 Å². The van der Waals surface area contributed by atoms with E-state index in [0.717, 1.165) is 16.2 Å². The summed E-state index contributed by atoms with van der Waals surface area (Å²) in [6.07, 6.45) is 1.21. The van der Waals surface area contributed by atoms with E-state index in [0.29, 0.717) is 5.75 Å². The van der Waals surface area contributed by atoms with Crippen molar-refractivity contribution in [1.82, 2.24) is 9.47 Å². The second-order valence-corrected chi connectivity index (χ2v) is 5.74. The molecule has 0 fully saturated rings. The molecular weight excluding hydrogens is 350 g/mol. The zero-order chi connectivity index (χ0) is 20.0. The fourth-order valence-electron chi connectivity index (χ4n) is 2.51. The van der Waals surface area contributed by atoms with Gasteiger partial charge in [0.05, 0.1) is 19.8 Å². The molecule has 0 aliphatic rings. The minimum absolute atomic E-state index is 0.0221. The number of pyridine rings is 1. The Labute approximate surface area is 156 Å². The number of ether oxygens (including phenoxy) is 2. The van der Waals surface area contributed by atoms with Gasteiger partial charge in [-0.3, -0.25) is 9.59 Å². The van der Waals surface area contributed by atoms with E-state index in [4.69, 9.17) is 10.00 Å². The molecule has 0 saturated carbocycles. The molecule has 1 amide bonds. The van der Waals surface area contributed by atoms with E-state index < -0.39 is 11.5 Å². The quantitative estimate of drug-likeness (QED) is 0.709. The Morgan fingerprint density at radius 2 is 1.96 bits per heavy atom. The highest BCUT2D eigenvalue weighted by atomic mass is 16.5. The molecule has 8 heteroatoms. The van der Waals surface area contributed by atoms with Gasteiger partial charge in [0.15, 0.2) is 0 Å². The van der Waals surface area contributed by atoms with E-state index in [1.54, 1.807) is 26.3 Å². The Balaban J connectivity index is 2.25. The summed E-state index contributed by atoms with van der Waals surface area (Å²) in [7, 11) is 4.33. The van der Waals surface area contributed by atoms with Crippen LogP contribution >= 0.6 is 0 Å². The maximum absolute atomic E-state index is 12.5. The molecule has 8 nitrogen and oxygen atoms in total. The highest BCUT2D eigenvalue weighted by Crippen LogP contribution is 2.18. The van der Waals surface area contributed by atoms with Crippen LogP contribution in [0.1, 0.15) is 21.5 Å². The average molecular weight is 369 g/mol. The van der Waals surface area contributed by atoms with Crippen LogP contribution in [0.25, 0.3) is 0 Å². The van der Waals surface area contributed by atoms with E-state index in [1.807, 2.05) is 18.2 Å². The van der Waals surface area contributed by atoms with Crippen LogP contribution in [-0.4, -0.2) is 42.6 Å². The Morgan fingerprint density at radius 1 is 1.26 bits per heavy atom. The average Bonchev–Trinajstić information content (AvgIpc) is 2.69. The molecule has 0 saturated heterocycles. The highest BCUT2D eigenvalue weighted by Gasteiger charge is 2.17. The van der Waals surface area contributed by atoms with Crippen molar-refractivity contribution in [2.24, 2.45) is 0 Å². The normalized spacial score (nSPS) is 10.0. The number of nitriles is 1. The van der Waals surface area contributed by atoms with Gasteiger partial charge in [0.2, 0.25) is 5.91 Å². The number of esters is 1. The lowest BCUT2D eigenvalue weighted by Crippen LogP contribution is -2.34. The number of methoxy groups -OCH3 is 2. The van der Waals surface area contributed by atoms with Crippen molar-refractivity contribution < 1.29 is 19.1 Å². The molecule has 1 aromatic heterocycles. The molecule has 0 aliphatic carbocycles. The second-order valence-electron chi connectivity index (χ2n) is 5.74. The number of amides is 1. The molecular formula is C19H19N3O5. The van der Waals surface area contributed by atoms with Gasteiger partial charge in [-0.05, 0) is 12.1 Å². The smallest absolute Gasteiger partial charge is 0.339 e. The van der Waals surface area contributed by atoms with Crippen LogP contribution in [0.3, 0.4) is 0 Å². The summed E-state index contributed by atoms with van der Waals surface area (Å²) in [5, 5.41) is 9.09. The summed E-state index contributed by atoms with van der Waals surface area (Å²) < 4.78 is 10.9. The fourth-order valence-corrected chi connectivity index (χ4v) is 2.51. The molecule has 1 aromatic carbocycles. The van der Waals surface area contributed by atoms with Crippen LogP contribution in [-0.2, 0) is 22.6 Å². The van der Waals surface area contributed by atoms with Gasteiger partial charge in [0, 0.05) is 25.4 Å². The Bertz CT molecular complexity index is 959. The summed E-state index contributed by atoms with van der Waals surface area (Å²) >= 11 is 0. The third kappa shape index (κ3) is 4.52. The van der Waals surface area contributed by atoms with Gasteiger partial charge in [-0.2, -0.15) is 5.26 Å². The van der Waals surface area contributed by atoms with Crippen molar-refractivity contribution in [3.8, 4) is 11.8 Å². The maximum Gasteiger partial charge on any atom is 0.339 e. The topological polar surface area (TPSA) is 102 Å². The second kappa shape index (κ2) is 8.67.